The molecular weight excluding hydrogens is 250 g/mol. The Bertz CT molecular complexity index is 537. The lowest BCUT2D eigenvalue weighted by molar-refractivity contribution is 0.0311. The molecule has 1 aromatic rings. The van der Waals surface area contributed by atoms with Gasteiger partial charge in [0.15, 0.2) is 0 Å². The van der Waals surface area contributed by atoms with Gasteiger partial charge in [0.25, 0.3) is 5.91 Å². The van der Waals surface area contributed by atoms with Gasteiger partial charge in [-0.25, -0.2) is 0 Å². The topological polar surface area (TPSA) is 49.6 Å². The number of carbonyl (C=O) groups is 1. The number of benzene rings is 1. The van der Waals surface area contributed by atoms with E-state index in [0.29, 0.717) is 5.69 Å². The minimum atomic E-state index is 0.0120. The predicted octanol–water partition coefficient (Wildman–Crippen LogP) is 2.05. The molecule has 0 saturated carbocycles. The number of nitrogen functional groups attached to an aromatic ring is 1. The van der Waals surface area contributed by atoms with E-state index in [1.165, 1.54) is 0 Å². The number of likely N-dealkylation sites (N-methyl/N-ethyl adjacent to an activating group) is 1. The van der Waals surface area contributed by atoms with Crippen molar-refractivity contribution in [1.29, 1.82) is 0 Å². The van der Waals surface area contributed by atoms with Crippen molar-refractivity contribution in [2.75, 3.05) is 32.4 Å². The quantitative estimate of drug-likeness (QED) is 0.798. The second-order valence-electron chi connectivity index (χ2n) is 6.48. The zero-order chi connectivity index (χ0) is 15.1. The number of hydrogen-bond acceptors (Lipinski definition) is 3. The highest BCUT2D eigenvalue weighted by Crippen LogP contribution is 2.23. The van der Waals surface area contributed by atoms with Crippen LogP contribution in [0.2, 0.25) is 0 Å². The highest BCUT2D eigenvalue weighted by atomic mass is 16.2. The Balaban J connectivity index is 2.26. The fourth-order valence-corrected chi connectivity index (χ4v) is 2.68. The first-order valence-corrected chi connectivity index (χ1v) is 7.09. The number of nitrogens with zero attached hydrogens (tertiary/aromatic N) is 2. The van der Waals surface area contributed by atoms with E-state index >= 15 is 0 Å². The summed E-state index contributed by atoms with van der Waals surface area (Å²) < 4.78 is 0. The second-order valence-corrected chi connectivity index (χ2v) is 6.48. The van der Waals surface area contributed by atoms with Crippen LogP contribution in [0.25, 0.3) is 0 Å². The Morgan fingerprint density at radius 3 is 2.45 bits per heavy atom. The summed E-state index contributed by atoms with van der Waals surface area (Å²) in [5.74, 6) is 0.0929. The molecule has 1 saturated heterocycles. The van der Waals surface area contributed by atoms with Gasteiger partial charge in [0.05, 0.1) is 0 Å². The van der Waals surface area contributed by atoms with E-state index in [9.17, 15) is 4.79 Å². The summed E-state index contributed by atoms with van der Waals surface area (Å²) in [6.45, 7) is 10.7. The summed E-state index contributed by atoms with van der Waals surface area (Å²) in [6, 6.07) is 3.81. The Morgan fingerprint density at radius 2 is 1.85 bits per heavy atom. The first-order chi connectivity index (χ1) is 9.22. The highest BCUT2D eigenvalue weighted by Gasteiger charge is 2.33. The molecule has 20 heavy (non-hydrogen) atoms. The molecule has 2 N–H and O–H groups in total. The van der Waals surface area contributed by atoms with E-state index in [0.717, 1.165) is 36.3 Å². The van der Waals surface area contributed by atoms with Gasteiger partial charge in [-0.3, -0.25) is 9.69 Å². The lowest BCUT2D eigenvalue weighted by Crippen LogP contribution is -2.58. The molecule has 0 radical (unpaired) electrons. The Labute approximate surface area is 121 Å². The minimum Gasteiger partial charge on any atom is -0.398 e. The lowest BCUT2D eigenvalue weighted by atomic mass is 9.97. The maximum atomic E-state index is 12.7. The van der Waals surface area contributed by atoms with Gasteiger partial charge in [0.2, 0.25) is 0 Å². The van der Waals surface area contributed by atoms with Gasteiger partial charge in [-0.15, -0.1) is 0 Å². The van der Waals surface area contributed by atoms with Crippen LogP contribution in [0.15, 0.2) is 12.1 Å². The van der Waals surface area contributed by atoms with Crippen LogP contribution in [0, 0.1) is 13.8 Å². The molecule has 1 amide bonds. The van der Waals surface area contributed by atoms with Crippen LogP contribution in [-0.2, 0) is 0 Å². The van der Waals surface area contributed by atoms with E-state index in [-0.39, 0.29) is 11.4 Å². The Kier molecular flexibility index (Phi) is 3.78. The van der Waals surface area contributed by atoms with Crippen molar-refractivity contribution >= 4 is 11.6 Å². The number of amides is 1. The summed E-state index contributed by atoms with van der Waals surface area (Å²) in [5.41, 5.74) is 9.41. The van der Waals surface area contributed by atoms with E-state index in [1.807, 2.05) is 30.9 Å². The van der Waals surface area contributed by atoms with Gasteiger partial charge in [0.1, 0.15) is 0 Å². The molecule has 0 unspecified atom stereocenters. The van der Waals surface area contributed by atoms with Gasteiger partial charge in [-0.2, -0.15) is 0 Å². The van der Waals surface area contributed by atoms with Crippen molar-refractivity contribution in [3.63, 3.8) is 0 Å². The van der Waals surface area contributed by atoms with Crippen molar-refractivity contribution in [2.24, 2.45) is 0 Å². The molecule has 0 spiro atoms. The van der Waals surface area contributed by atoms with Gasteiger partial charge in [-0.05, 0) is 51.9 Å². The molecule has 4 heteroatoms. The first-order valence-electron chi connectivity index (χ1n) is 7.09. The number of hydrogen-bond donors (Lipinski definition) is 1. The maximum Gasteiger partial charge on any atom is 0.254 e. The van der Waals surface area contributed by atoms with Crippen molar-refractivity contribution < 1.29 is 4.79 Å². The zero-order valence-corrected chi connectivity index (χ0v) is 13.2. The van der Waals surface area contributed by atoms with Crippen LogP contribution < -0.4 is 5.73 Å². The van der Waals surface area contributed by atoms with E-state index in [1.54, 1.807) is 0 Å². The van der Waals surface area contributed by atoms with Crippen LogP contribution in [0.4, 0.5) is 5.69 Å². The third-order valence-electron chi connectivity index (χ3n) is 4.45. The van der Waals surface area contributed by atoms with Gasteiger partial charge >= 0.3 is 0 Å². The molecule has 1 heterocycles. The fraction of sp³-hybridized carbons (Fsp3) is 0.562. The standard InChI is InChI=1S/C16H25N3O/c1-11-8-12(2)14(17)9-13(11)15(20)19-7-6-18(5)16(3,4)10-19/h8-9H,6-7,10,17H2,1-5H3. The van der Waals surface area contributed by atoms with E-state index < -0.39 is 0 Å². The number of carbonyl (C=O) groups excluding carboxylic acids is 1. The fourth-order valence-electron chi connectivity index (χ4n) is 2.68. The van der Waals surface area contributed by atoms with Crippen LogP contribution in [0.3, 0.4) is 0 Å². The third-order valence-corrected chi connectivity index (χ3v) is 4.45. The number of rotatable bonds is 1. The maximum absolute atomic E-state index is 12.7. The smallest absolute Gasteiger partial charge is 0.254 e. The average Bonchev–Trinajstić information content (AvgIpc) is 2.36. The third kappa shape index (κ3) is 2.66. The van der Waals surface area contributed by atoms with Crippen molar-refractivity contribution in [3.05, 3.63) is 28.8 Å². The number of aryl methyl sites for hydroxylation is 2. The molecule has 1 aromatic carbocycles. The van der Waals surface area contributed by atoms with Crippen LogP contribution >= 0.6 is 0 Å². The molecule has 1 aliphatic rings. The van der Waals surface area contributed by atoms with Crippen molar-refractivity contribution in [2.45, 2.75) is 33.2 Å². The SMILES string of the molecule is Cc1cc(C)c(C(=O)N2CCN(C)C(C)(C)C2)cc1N. The minimum absolute atomic E-state index is 0.0120. The Morgan fingerprint density at radius 1 is 1.20 bits per heavy atom. The van der Waals surface area contributed by atoms with Gasteiger partial charge in [-0.1, -0.05) is 6.07 Å². The van der Waals surface area contributed by atoms with Crippen molar-refractivity contribution in [3.8, 4) is 0 Å². The zero-order valence-electron chi connectivity index (χ0n) is 13.2. The normalized spacial score (nSPS) is 19.1. The van der Waals surface area contributed by atoms with E-state index in [2.05, 4.69) is 25.8 Å². The van der Waals surface area contributed by atoms with Gasteiger partial charge < -0.3 is 10.6 Å². The molecule has 0 aromatic heterocycles. The molecule has 2 rings (SSSR count). The summed E-state index contributed by atoms with van der Waals surface area (Å²) in [6.07, 6.45) is 0. The molecule has 0 atom stereocenters. The average molecular weight is 275 g/mol. The molecule has 1 fully saturated rings. The van der Waals surface area contributed by atoms with Crippen LogP contribution in [0.5, 0.6) is 0 Å². The molecule has 0 bridgehead atoms. The van der Waals surface area contributed by atoms with Crippen LogP contribution in [-0.4, -0.2) is 47.9 Å². The summed E-state index contributed by atoms with van der Waals surface area (Å²) in [7, 11) is 2.11. The van der Waals surface area contributed by atoms with Gasteiger partial charge in [0, 0.05) is 36.4 Å². The molecule has 110 valence electrons. The first kappa shape index (κ1) is 14.9. The molecular formula is C16H25N3O. The van der Waals surface area contributed by atoms with E-state index in [4.69, 9.17) is 5.73 Å². The Hall–Kier alpha value is -1.55. The number of nitrogens with two attached hydrogens (primary N) is 1. The largest absolute Gasteiger partial charge is 0.398 e. The molecule has 1 aliphatic heterocycles. The monoisotopic (exact) mass is 275 g/mol. The predicted molar refractivity (Wildman–Crippen MR) is 82.9 cm³/mol. The molecule has 0 aliphatic carbocycles. The van der Waals surface area contributed by atoms with Crippen LogP contribution in [0.1, 0.15) is 35.3 Å². The molecule has 4 nitrogen and oxygen atoms in total. The second kappa shape index (κ2) is 5.09. The summed E-state index contributed by atoms with van der Waals surface area (Å²) >= 11 is 0. The highest BCUT2D eigenvalue weighted by molar-refractivity contribution is 5.97. The summed E-state index contributed by atoms with van der Waals surface area (Å²) in [4.78, 5) is 17.0. The lowest BCUT2D eigenvalue weighted by Gasteiger charge is -2.45. The summed E-state index contributed by atoms with van der Waals surface area (Å²) in [5, 5.41) is 0. The number of anilines is 1. The number of piperazine rings is 1. The van der Waals surface area contributed by atoms with Crippen molar-refractivity contribution in [1.82, 2.24) is 9.80 Å².